The Hall–Kier alpha value is -1.58. The molecule has 2 fully saturated rings. The lowest BCUT2D eigenvalue weighted by molar-refractivity contribution is -0.153. The first-order valence-corrected chi connectivity index (χ1v) is 6.53. The summed E-state index contributed by atoms with van der Waals surface area (Å²) < 4.78 is 5.51. The van der Waals surface area contributed by atoms with Gasteiger partial charge in [0.25, 0.3) is 0 Å². The first-order chi connectivity index (χ1) is 8.76. The number of carbonyl (C=O) groups excluding carboxylic acids is 1. The summed E-state index contributed by atoms with van der Waals surface area (Å²) in [6, 6.07) is 0. The van der Waals surface area contributed by atoms with Crippen molar-refractivity contribution in [2.45, 2.75) is 51.6 Å². The molecule has 4 nitrogen and oxygen atoms in total. The predicted octanol–water partition coefficient (Wildman–Crippen LogP) is 3.09. The van der Waals surface area contributed by atoms with Crippen molar-refractivity contribution in [2.75, 3.05) is 0 Å². The van der Waals surface area contributed by atoms with Crippen LogP contribution >= 0.6 is 0 Å². The second-order valence-corrected chi connectivity index (χ2v) is 5.59. The van der Waals surface area contributed by atoms with Crippen LogP contribution < -0.4 is 0 Å². The molecule has 2 bridgehead atoms. The van der Waals surface area contributed by atoms with Crippen LogP contribution in [0.4, 0.5) is 0 Å². The second kappa shape index (κ2) is 6.04. The minimum Gasteiger partial charge on any atom is -0.478 e. The Labute approximate surface area is 114 Å². The SMILES string of the molecule is C=C(C)C(=O)O.C=C(C)C(=O)OC12CCC(CC1)C2. The second-order valence-electron chi connectivity index (χ2n) is 5.59. The third kappa shape index (κ3) is 4.23. The molecule has 19 heavy (non-hydrogen) atoms. The number of fused-ring (bicyclic) bond motifs is 2. The lowest BCUT2D eigenvalue weighted by atomic mass is 9.97. The van der Waals surface area contributed by atoms with Gasteiger partial charge in [-0.25, -0.2) is 9.59 Å². The topological polar surface area (TPSA) is 63.6 Å². The van der Waals surface area contributed by atoms with E-state index in [0.29, 0.717) is 5.57 Å². The average Bonchev–Trinajstić information content (AvgIpc) is 2.89. The van der Waals surface area contributed by atoms with Crippen molar-refractivity contribution < 1.29 is 19.4 Å². The molecule has 0 radical (unpaired) electrons. The number of esters is 1. The lowest BCUT2D eigenvalue weighted by Gasteiger charge is -2.26. The molecule has 2 aliphatic rings. The van der Waals surface area contributed by atoms with E-state index in [1.54, 1.807) is 6.92 Å². The Balaban J connectivity index is 0.000000258. The number of aliphatic carboxylic acids is 1. The Morgan fingerprint density at radius 1 is 1.16 bits per heavy atom. The molecule has 0 atom stereocenters. The van der Waals surface area contributed by atoms with Gasteiger partial charge in [0.15, 0.2) is 0 Å². The molecule has 0 heterocycles. The Bertz CT molecular complexity index is 388. The molecule has 0 saturated heterocycles. The largest absolute Gasteiger partial charge is 0.478 e. The summed E-state index contributed by atoms with van der Waals surface area (Å²) in [4.78, 5) is 21.0. The highest BCUT2D eigenvalue weighted by Gasteiger charge is 2.47. The third-order valence-corrected chi connectivity index (χ3v) is 3.70. The Kier molecular flexibility index (Phi) is 4.92. The molecular weight excluding hydrogens is 244 g/mol. The van der Waals surface area contributed by atoms with Crippen LogP contribution in [0.25, 0.3) is 0 Å². The third-order valence-electron chi connectivity index (χ3n) is 3.70. The number of rotatable bonds is 3. The number of carbonyl (C=O) groups is 2. The van der Waals surface area contributed by atoms with E-state index in [2.05, 4.69) is 13.2 Å². The molecule has 0 spiro atoms. The molecule has 0 aromatic rings. The first kappa shape index (κ1) is 15.5. The lowest BCUT2D eigenvalue weighted by Crippen LogP contribution is -2.30. The van der Waals surface area contributed by atoms with Crippen LogP contribution in [0.2, 0.25) is 0 Å². The zero-order valence-electron chi connectivity index (χ0n) is 11.7. The molecule has 106 valence electrons. The van der Waals surface area contributed by atoms with E-state index >= 15 is 0 Å². The van der Waals surface area contributed by atoms with Crippen molar-refractivity contribution in [3.05, 3.63) is 24.3 Å². The van der Waals surface area contributed by atoms with Gasteiger partial charge in [-0.1, -0.05) is 13.2 Å². The number of hydrogen-bond donors (Lipinski definition) is 1. The normalized spacial score (nSPS) is 27.2. The summed E-state index contributed by atoms with van der Waals surface area (Å²) in [5, 5.41) is 7.89. The average molecular weight is 266 g/mol. The standard InChI is InChI=1S/C11H16O2.C4H6O2/c1-8(2)10(12)13-11-5-3-9(7-11)4-6-11;1-3(2)4(5)6/h9H,1,3-7H2,2H3;1H2,2H3,(H,5,6). The van der Waals surface area contributed by atoms with Gasteiger partial charge < -0.3 is 9.84 Å². The van der Waals surface area contributed by atoms with Crippen LogP contribution in [0.15, 0.2) is 24.3 Å². The van der Waals surface area contributed by atoms with Gasteiger partial charge >= 0.3 is 11.9 Å². The van der Waals surface area contributed by atoms with Crippen molar-refractivity contribution in [3.63, 3.8) is 0 Å². The molecule has 2 rings (SSSR count). The van der Waals surface area contributed by atoms with E-state index in [1.165, 1.54) is 19.8 Å². The smallest absolute Gasteiger partial charge is 0.333 e. The van der Waals surface area contributed by atoms with Gasteiger partial charge in [-0.15, -0.1) is 0 Å². The summed E-state index contributed by atoms with van der Waals surface area (Å²) in [5.41, 5.74) is 0.598. The molecule has 0 aromatic carbocycles. The van der Waals surface area contributed by atoms with Crippen LogP contribution in [0.5, 0.6) is 0 Å². The molecule has 0 aliphatic heterocycles. The number of carboxylic acid groups (broad SMARTS) is 1. The Morgan fingerprint density at radius 2 is 1.63 bits per heavy atom. The summed E-state index contributed by atoms with van der Waals surface area (Å²) in [6.45, 7) is 9.91. The summed E-state index contributed by atoms with van der Waals surface area (Å²) in [6.07, 6.45) is 5.70. The molecule has 2 aliphatic carbocycles. The van der Waals surface area contributed by atoms with Gasteiger partial charge in [0, 0.05) is 11.1 Å². The fourth-order valence-corrected chi connectivity index (χ4v) is 2.57. The van der Waals surface area contributed by atoms with E-state index in [1.807, 2.05) is 0 Å². The molecule has 0 amide bonds. The van der Waals surface area contributed by atoms with Gasteiger partial charge in [0.1, 0.15) is 5.60 Å². The minimum absolute atomic E-state index is 0.0965. The molecule has 1 N–H and O–H groups in total. The van der Waals surface area contributed by atoms with E-state index in [0.717, 1.165) is 25.2 Å². The van der Waals surface area contributed by atoms with Crippen LogP contribution in [0.3, 0.4) is 0 Å². The molecular formula is C15H22O4. The van der Waals surface area contributed by atoms with Crippen LogP contribution in [-0.2, 0) is 14.3 Å². The summed E-state index contributed by atoms with van der Waals surface area (Å²) in [5.74, 6) is -0.324. The van der Waals surface area contributed by atoms with Gasteiger partial charge in [-0.3, -0.25) is 0 Å². The van der Waals surface area contributed by atoms with Crippen LogP contribution in [0, 0.1) is 5.92 Å². The maximum absolute atomic E-state index is 11.4. The van der Waals surface area contributed by atoms with Gasteiger partial charge in [-0.2, -0.15) is 0 Å². The molecule has 2 saturated carbocycles. The van der Waals surface area contributed by atoms with Crippen molar-refractivity contribution >= 4 is 11.9 Å². The van der Waals surface area contributed by atoms with Gasteiger partial charge in [0.2, 0.25) is 0 Å². The highest BCUT2D eigenvalue weighted by molar-refractivity contribution is 5.87. The zero-order valence-corrected chi connectivity index (χ0v) is 11.7. The van der Waals surface area contributed by atoms with Crippen LogP contribution in [0.1, 0.15) is 46.0 Å². The highest BCUT2D eigenvalue weighted by Crippen LogP contribution is 2.50. The van der Waals surface area contributed by atoms with Crippen molar-refractivity contribution in [3.8, 4) is 0 Å². The van der Waals surface area contributed by atoms with Crippen molar-refractivity contribution in [1.82, 2.24) is 0 Å². The minimum atomic E-state index is -0.935. The van der Waals surface area contributed by atoms with E-state index in [4.69, 9.17) is 9.84 Å². The summed E-state index contributed by atoms with van der Waals surface area (Å²) in [7, 11) is 0. The van der Waals surface area contributed by atoms with Crippen molar-refractivity contribution in [1.29, 1.82) is 0 Å². The summed E-state index contributed by atoms with van der Waals surface area (Å²) >= 11 is 0. The van der Waals surface area contributed by atoms with E-state index in [-0.39, 0.29) is 17.1 Å². The highest BCUT2D eigenvalue weighted by atomic mass is 16.6. The van der Waals surface area contributed by atoms with Crippen molar-refractivity contribution in [2.24, 2.45) is 5.92 Å². The fourth-order valence-electron chi connectivity index (χ4n) is 2.57. The number of ether oxygens (including phenoxy) is 1. The van der Waals surface area contributed by atoms with Crippen LogP contribution in [-0.4, -0.2) is 22.6 Å². The van der Waals surface area contributed by atoms with E-state index in [9.17, 15) is 9.59 Å². The quantitative estimate of drug-likeness (QED) is 0.630. The monoisotopic (exact) mass is 266 g/mol. The fraction of sp³-hybridized carbons (Fsp3) is 0.600. The zero-order chi connectivity index (χ0) is 14.6. The maximum Gasteiger partial charge on any atom is 0.333 e. The number of carboxylic acids is 1. The predicted molar refractivity (Wildman–Crippen MR) is 72.7 cm³/mol. The van der Waals surface area contributed by atoms with E-state index < -0.39 is 5.97 Å². The Morgan fingerprint density at radius 3 is 1.89 bits per heavy atom. The molecule has 0 unspecified atom stereocenters. The maximum atomic E-state index is 11.4. The molecule has 0 aromatic heterocycles. The first-order valence-electron chi connectivity index (χ1n) is 6.53. The van der Waals surface area contributed by atoms with Gasteiger partial charge in [0.05, 0.1) is 0 Å². The van der Waals surface area contributed by atoms with Gasteiger partial charge in [-0.05, 0) is 51.9 Å². The number of hydrogen-bond acceptors (Lipinski definition) is 3. The molecule has 4 heteroatoms.